The van der Waals surface area contributed by atoms with Gasteiger partial charge in [0.15, 0.2) is 0 Å². The molecule has 2 aromatic carbocycles. The number of hydrogen-bond acceptors (Lipinski definition) is 4. The van der Waals surface area contributed by atoms with Gasteiger partial charge in [0.05, 0.1) is 11.6 Å². The summed E-state index contributed by atoms with van der Waals surface area (Å²) >= 11 is 0. The molecule has 0 amide bonds. The topological polar surface area (TPSA) is 74.2 Å². The lowest BCUT2D eigenvalue weighted by Crippen LogP contribution is -2.35. The van der Waals surface area contributed by atoms with Gasteiger partial charge in [-0.25, -0.2) is 9.78 Å². The van der Waals surface area contributed by atoms with Gasteiger partial charge in [-0.15, -0.1) is 0 Å². The number of nitrogens with one attached hydrogen (secondary N) is 2. The van der Waals surface area contributed by atoms with Gasteiger partial charge in [-0.3, -0.25) is 0 Å². The van der Waals surface area contributed by atoms with Crippen LogP contribution in [0.3, 0.4) is 0 Å². The fourth-order valence-electron chi connectivity index (χ4n) is 6.69. The summed E-state index contributed by atoms with van der Waals surface area (Å²) in [6.07, 6.45) is 6.69. The van der Waals surface area contributed by atoms with Gasteiger partial charge in [0.25, 0.3) is 0 Å². The first kappa shape index (κ1) is 20.3. The molecule has 0 radical (unpaired) electrons. The molecule has 168 valence electrons. The van der Waals surface area contributed by atoms with E-state index in [-0.39, 0.29) is 6.04 Å². The van der Waals surface area contributed by atoms with Crippen LogP contribution in [0, 0.1) is 17.8 Å². The van der Waals surface area contributed by atoms with Gasteiger partial charge in [-0.2, -0.15) is 0 Å². The lowest BCUT2D eigenvalue weighted by atomic mass is 9.67. The van der Waals surface area contributed by atoms with Crippen molar-refractivity contribution >= 4 is 17.5 Å². The molecule has 2 bridgehead atoms. The molecule has 3 N–H and O–H groups in total. The number of carboxylic acids is 1. The molecule has 0 spiro atoms. The van der Waals surface area contributed by atoms with Crippen LogP contribution in [0.1, 0.15) is 58.3 Å². The number of pyridine rings is 1. The van der Waals surface area contributed by atoms with Crippen molar-refractivity contribution < 1.29 is 9.90 Å². The minimum Gasteiger partial charge on any atom is -0.478 e. The Hall–Kier alpha value is -3.34. The van der Waals surface area contributed by atoms with Crippen LogP contribution in [0.5, 0.6) is 0 Å². The Bertz CT molecular complexity index is 1180. The predicted octanol–water partition coefficient (Wildman–Crippen LogP) is 5.73. The lowest BCUT2D eigenvalue weighted by molar-refractivity contribution is 0.0696. The van der Waals surface area contributed by atoms with E-state index < -0.39 is 5.97 Å². The minimum absolute atomic E-state index is 0.175. The Labute approximate surface area is 194 Å². The van der Waals surface area contributed by atoms with Crippen LogP contribution in [0.25, 0.3) is 0 Å². The van der Waals surface area contributed by atoms with Gasteiger partial charge in [-0.1, -0.05) is 30.3 Å². The number of fused-ring (bicyclic) bond motifs is 7. The first-order chi connectivity index (χ1) is 16.2. The maximum absolute atomic E-state index is 11.6. The quantitative estimate of drug-likeness (QED) is 0.457. The molecule has 2 saturated carbocycles. The van der Waals surface area contributed by atoms with E-state index in [1.165, 1.54) is 36.1 Å². The number of benzene rings is 2. The summed E-state index contributed by atoms with van der Waals surface area (Å²) in [5.74, 6) is 2.60. The third-order valence-corrected chi connectivity index (χ3v) is 8.03. The van der Waals surface area contributed by atoms with Crippen molar-refractivity contribution in [3.63, 3.8) is 0 Å². The Balaban J connectivity index is 1.28. The Morgan fingerprint density at radius 2 is 1.97 bits per heavy atom. The average Bonchev–Trinajstić information content (AvgIpc) is 3.47. The number of nitrogens with zero attached hydrogens (tertiary/aromatic N) is 1. The van der Waals surface area contributed by atoms with Gasteiger partial charge in [0.2, 0.25) is 0 Å². The van der Waals surface area contributed by atoms with Crippen molar-refractivity contribution in [2.75, 3.05) is 17.2 Å². The maximum atomic E-state index is 11.6. The van der Waals surface area contributed by atoms with Crippen molar-refractivity contribution in [1.82, 2.24) is 4.98 Å². The number of anilines is 2. The van der Waals surface area contributed by atoms with Gasteiger partial charge in [-0.05, 0) is 96.4 Å². The fourth-order valence-corrected chi connectivity index (χ4v) is 6.69. The summed E-state index contributed by atoms with van der Waals surface area (Å²) in [5, 5.41) is 16.7. The van der Waals surface area contributed by atoms with Crippen LogP contribution < -0.4 is 10.6 Å². The van der Waals surface area contributed by atoms with Gasteiger partial charge >= 0.3 is 5.97 Å². The Morgan fingerprint density at radius 3 is 2.82 bits per heavy atom. The molecule has 0 saturated heterocycles. The highest BCUT2D eigenvalue weighted by Gasteiger charge is 2.53. The summed E-state index contributed by atoms with van der Waals surface area (Å²) in [4.78, 5) is 15.9. The lowest BCUT2D eigenvalue weighted by Gasteiger charge is -2.43. The number of carbonyl (C=O) groups is 1. The summed E-state index contributed by atoms with van der Waals surface area (Å²) in [5.41, 5.74) is 5.51. The van der Waals surface area contributed by atoms with E-state index >= 15 is 0 Å². The van der Waals surface area contributed by atoms with Crippen LogP contribution in [0.4, 0.5) is 11.5 Å². The fraction of sp³-hybridized carbons (Fsp3) is 0.357. The van der Waals surface area contributed by atoms with E-state index in [4.69, 9.17) is 0 Å². The van der Waals surface area contributed by atoms with Gasteiger partial charge in [0.1, 0.15) is 5.82 Å². The summed E-state index contributed by atoms with van der Waals surface area (Å²) < 4.78 is 0. The molecular formula is C28H29N3O2. The van der Waals surface area contributed by atoms with Crippen molar-refractivity contribution in [1.29, 1.82) is 0 Å². The summed E-state index contributed by atoms with van der Waals surface area (Å²) in [6.45, 7) is 0.855. The van der Waals surface area contributed by atoms with Crippen molar-refractivity contribution in [2.45, 2.75) is 37.6 Å². The molecule has 2 aliphatic carbocycles. The highest BCUT2D eigenvalue weighted by Crippen LogP contribution is 2.63. The third-order valence-electron chi connectivity index (χ3n) is 8.03. The summed E-state index contributed by atoms with van der Waals surface area (Å²) in [6, 6.07) is 20.5. The Morgan fingerprint density at radius 1 is 1.06 bits per heavy atom. The molecule has 33 heavy (non-hydrogen) atoms. The molecule has 2 heterocycles. The van der Waals surface area contributed by atoms with Crippen LogP contribution >= 0.6 is 0 Å². The van der Waals surface area contributed by atoms with Gasteiger partial charge in [0, 0.05) is 18.4 Å². The van der Waals surface area contributed by atoms with Crippen LogP contribution in [-0.2, 0) is 6.42 Å². The monoisotopic (exact) mass is 439 g/mol. The molecule has 1 aliphatic heterocycles. The van der Waals surface area contributed by atoms with E-state index in [1.807, 2.05) is 36.5 Å². The zero-order valence-corrected chi connectivity index (χ0v) is 18.6. The molecule has 5 nitrogen and oxygen atoms in total. The molecule has 2 fully saturated rings. The third kappa shape index (κ3) is 3.65. The number of carboxylic acid groups (broad SMARTS) is 1. The number of aromatic nitrogens is 1. The number of aromatic carboxylic acids is 1. The van der Waals surface area contributed by atoms with Crippen molar-refractivity contribution in [3.05, 3.63) is 89.1 Å². The second kappa shape index (κ2) is 8.22. The first-order valence-corrected chi connectivity index (χ1v) is 12.0. The van der Waals surface area contributed by atoms with Crippen molar-refractivity contribution in [2.24, 2.45) is 17.8 Å². The second-order valence-electron chi connectivity index (χ2n) is 9.80. The number of rotatable bonds is 6. The van der Waals surface area contributed by atoms with E-state index in [0.29, 0.717) is 23.3 Å². The molecule has 1 aromatic heterocycles. The SMILES string of the molecule is O=C(O)c1cccc([C@@H]2Nc3ccc(CCNc4ccccn4)cc3[C@H]3[C@@H]4CC[C@@H](C4)[C@@H]32)c1. The second-order valence-corrected chi connectivity index (χ2v) is 9.80. The van der Waals surface area contributed by atoms with Gasteiger partial charge < -0.3 is 15.7 Å². The van der Waals surface area contributed by atoms with Crippen LogP contribution in [0.15, 0.2) is 66.9 Å². The molecule has 3 aromatic rings. The van der Waals surface area contributed by atoms with E-state index in [0.717, 1.165) is 30.3 Å². The van der Waals surface area contributed by atoms with E-state index in [1.54, 1.807) is 6.07 Å². The largest absolute Gasteiger partial charge is 0.478 e. The molecule has 3 aliphatic rings. The highest BCUT2D eigenvalue weighted by atomic mass is 16.4. The standard InChI is InChI=1S/C28H29N3O2/c32-28(33)21-5-3-4-20(16-21)27-26-19-9-8-18(15-19)25(26)22-14-17(7-10-23(22)31-27)11-13-30-24-6-1-2-12-29-24/h1-7,10,12,14,16,18-19,25-27,31H,8-9,11,13,15H2,(H,29,30)(H,32,33)/t18-,19+,25-,26+,27+/m1/s1. The van der Waals surface area contributed by atoms with E-state index in [9.17, 15) is 9.90 Å². The van der Waals surface area contributed by atoms with Crippen LogP contribution in [-0.4, -0.2) is 22.6 Å². The van der Waals surface area contributed by atoms with Crippen molar-refractivity contribution in [3.8, 4) is 0 Å². The normalized spacial score (nSPS) is 26.8. The highest BCUT2D eigenvalue weighted by molar-refractivity contribution is 5.87. The summed E-state index contributed by atoms with van der Waals surface area (Å²) in [7, 11) is 0. The molecule has 0 unspecified atom stereocenters. The van der Waals surface area contributed by atoms with Crippen LogP contribution in [0.2, 0.25) is 0 Å². The minimum atomic E-state index is -0.860. The molecule has 6 rings (SSSR count). The maximum Gasteiger partial charge on any atom is 0.335 e. The average molecular weight is 440 g/mol. The zero-order valence-electron chi connectivity index (χ0n) is 18.6. The predicted molar refractivity (Wildman–Crippen MR) is 130 cm³/mol. The zero-order chi connectivity index (χ0) is 22.4. The first-order valence-electron chi connectivity index (χ1n) is 12.0. The van der Waals surface area contributed by atoms with E-state index in [2.05, 4.69) is 39.9 Å². The molecule has 5 atom stereocenters. The smallest absolute Gasteiger partial charge is 0.335 e. The Kier molecular flexibility index (Phi) is 5.05. The molecule has 5 heteroatoms. The molecular weight excluding hydrogens is 410 g/mol. The number of hydrogen-bond donors (Lipinski definition) is 3.